The average Bonchev–Trinajstić information content (AvgIpc) is 2.98. The molecule has 0 unspecified atom stereocenters. The zero-order chi connectivity index (χ0) is 18.6. The van der Waals surface area contributed by atoms with Crippen molar-refractivity contribution in [2.24, 2.45) is 0 Å². The number of aldehydes is 1. The van der Waals surface area contributed by atoms with E-state index in [-0.39, 0.29) is 4.90 Å². The molecule has 2 aromatic rings. The van der Waals surface area contributed by atoms with Gasteiger partial charge >= 0.3 is 0 Å². The predicted octanol–water partition coefficient (Wildman–Crippen LogP) is 3.22. The number of rotatable bonds is 7. The largest absolute Gasteiger partial charge is 0.388 e. The third kappa shape index (κ3) is 4.28. The van der Waals surface area contributed by atoms with Crippen molar-refractivity contribution in [2.45, 2.75) is 18.2 Å². The van der Waals surface area contributed by atoms with Crippen molar-refractivity contribution in [3.63, 3.8) is 0 Å². The molecule has 1 heterocycles. The molecule has 2 N–H and O–H groups in total. The molecule has 6 heteroatoms. The Morgan fingerprint density at radius 1 is 1.32 bits per heavy atom. The summed E-state index contributed by atoms with van der Waals surface area (Å²) in [6.45, 7) is 5.92. The van der Waals surface area contributed by atoms with E-state index in [1.54, 1.807) is 31.3 Å². The number of hydrogen-bond acceptors (Lipinski definition) is 4. The fraction of sp³-hybridized carbons (Fsp3) is 0.211. The topological polar surface area (TPSA) is 79.0 Å². The van der Waals surface area contributed by atoms with Gasteiger partial charge in [0.2, 0.25) is 0 Å². The first-order valence-corrected chi connectivity index (χ1v) is 9.76. The molecule has 0 amide bonds. The summed E-state index contributed by atoms with van der Waals surface area (Å²) in [4.78, 5) is 15.0. The monoisotopic (exact) mass is 358 g/mol. The summed E-state index contributed by atoms with van der Waals surface area (Å²) in [5.41, 5.74) is 3.42. The van der Waals surface area contributed by atoms with Gasteiger partial charge in [-0.3, -0.25) is 4.79 Å². The molecular weight excluding hydrogens is 336 g/mol. The number of aromatic amines is 1. The van der Waals surface area contributed by atoms with E-state index in [0.717, 1.165) is 29.2 Å². The third-order valence-electron chi connectivity index (χ3n) is 3.83. The minimum atomic E-state index is -3.26. The first-order chi connectivity index (χ1) is 11.8. The zero-order valence-electron chi connectivity index (χ0n) is 14.6. The van der Waals surface area contributed by atoms with Crippen LogP contribution in [-0.2, 0) is 14.6 Å². The Kier molecular flexibility index (Phi) is 5.64. The highest BCUT2D eigenvalue weighted by molar-refractivity contribution is 7.90. The molecule has 1 aromatic heterocycles. The number of fused-ring (bicyclic) bond motifs is 1. The van der Waals surface area contributed by atoms with Gasteiger partial charge in [0.1, 0.15) is 0 Å². The van der Waals surface area contributed by atoms with Crippen LogP contribution >= 0.6 is 0 Å². The number of hydrogen-bond donors (Lipinski definition) is 2. The number of H-pyrrole nitrogens is 1. The van der Waals surface area contributed by atoms with E-state index in [1.807, 2.05) is 19.1 Å². The summed E-state index contributed by atoms with van der Waals surface area (Å²) in [6.07, 6.45) is 6.40. The number of sulfone groups is 1. The predicted molar refractivity (Wildman–Crippen MR) is 102 cm³/mol. The third-order valence-corrected chi connectivity index (χ3v) is 4.94. The first-order valence-electron chi connectivity index (χ1n) is 7.87. The number of aromatic nitrogens is 1. The smallest absolute Gasteiger partial charge is 0.175 e. The Balaban J connectivity index is 2.52. The fourth-order valence-corrected chi connectivity index (χ4v) is 3.19. The molecule has 0 bridgehead atoms. The Bertz CT molecular complexity index is 979. The van der Waals surface area contributed by atoms with Crippen LogP contribution in [-0.4, -0.2) is 33.0 Å². The van der Waals surface area contributed by atoms with E-state index in [4.69, 9.17) is 0 Å². The van der Waals surface area contributed by atoms with E-state index >= 15 is 0 Å². The van der Waals surface area contributed by atoms with Gasteiger partial charge in [-0.15, -0.1) is 0 Å². The van der Waals surface area contributed by atoms with Crippen LogP contribution in [0.4, 0.5) is 0 Å². The van der Waals surface area contributed by atoms with Crippen LogP contribution in [0, 0.1) is 0 Å². The van der Waals surface area contributed by atoms with Crippen molar-refractivity contribution < 1.29 is 13.2 Å². The number of carbonyl (C=O) groups is 1. The Morgan fingerprint density at radius 2 is 2.04 bits per heavy atom. The second-order valence-corrected chi connectivity index (χ2v) is 7.73. The highest BCUT2D eigenvalue weighted by atomic mass is 32.2. The van der Waals surface area contributed by atoms with Gasteiger partial charge in [-0.2, -0.15) is 0 Å². The van der Waals surface area contributed by atoms with Gasteiger partial charge in [-0.05, 0) is 36.8 Å². The molecule has 0 spiro atoms. The summed E-state index contributed by atoms with van der Waals surface area (Å²) in [6, 6.07) is 6.72. The molecule has 25 heavy (non-hydrogen) atoms. The average molecular weight is 358 g/mol. The second-order valence-electron chi connectivity index (χ2n) is 5.72. The highest BCUT2D eigenvalue weighted by Crippen LogP contribution is 2.23. The lowest BCUT2D eigenvalue weighted by Crippen LogP contribution is -2.09. The van der Waals surface area contributed by atoms with E-state index in [1.165, 1.54) is 6.26 Å². The molecule has 0 aliphatic rings. The number of benzene rings is 1. The highest BCUT2D eigenvalue weighted by Gasteiger charge is 2.11. The maximum absolute atomic E-state index is 11.7. The van der Waals surface area contributed by atoms with Crippen LogP contribution in [0.5, 0.6) is 0 Å². The lowest BCUT2D eigenvalue weighted by molar-refractivity contribution is -0.104. The van der Waals surface area contributed by atoms with Crippen molar-refractivity contribution in [2.75, 3.05) is 13.3 Å². The molecule has 0 fully saturated rings. The van der Waals surface area contributed by atoms with Crippen LogP contribution in [0.15, 0.2) is 58.7 Å². The molecule has 132 valence electrons. The molecule has 5 nitrogen and oxygen atoms in total. The van der Waals surface area contributed by atoms with Gasteiger partial charge in [0.25, 0.3) is 0 Å². The van der Waals surface area contributed by atoms with Gasteiger partial charge in [-0.25, -0.2) is 8.42 Å². The van der Waals surface area contributed by atoms with Crippen LogP contribution in [0.3, 0.4) is 0 Å². The van der Waals surface area contributed by atoms with Crippen molar-refractivity contribution in [1.29, 1.82) is 0 Å². The lowest BCUT2D eigenvalue weighted by atomic mass is 10.0. The molecule has 0 saturated carbocycles. The fourth-order valence-electron chi connectivity index (χ4n) is 2.54. The minimum Gasteiger partial charge on any atom is -0.388 e. The Hall–Kier alpha value is -2.60. The summed E-state index contributed by atoms with van der Waals surface area (Å²) in [5, 5.41) is 3.73. The van der Waals surface area contributed by atoms with Gasteiger partial charge in [0.05, 0.1) is 4.90 Å². The van der Waals surface area contributed by atoms with Crippen LogP contribution in [0.1, 0.15) is 19.0 Å². The van der Waals surface area contributed by atoms with E-state index in [2.05, 4.69) is 16.9 Å². The zero-order valence-corrected chi connectivity index (χ0v) is 15.4. The standard InChI is InChI=1S/C19H22N2O3S/c1-5-6-18(13(2)20-3)15(12-22)10-16-9-14-11-17(25(4,23)24)7-8-19(14)21-16/h6-12,20-21H,2,5H2,1,3-4H3/b15-10+,18-6+. The van der Waals surface area contributed by atoms with E-state index in [9.17, 15) is 13.2 Å². The summed E-state index contributed by atoms with van der Waals surface area (Å²) >= 11 is 0. The summed E-state index contributed by atoms with van der Waals surface area (Å²) in [5.74, 6) is 0. The molecule has 2 rings (SSSR count). The van der Waals surface area contributed by atoms with Crippen LogP contribution in [0.2, 0.25) is 0 Å². The lowest BCUT2D eigenvalue weighted by Gasteiger charge is -2.10. The molecular formula is C19H22N2O3S. The van der Waals surface area contributed by atoms with Crippen molar-refractivity contribution >= 4 is 33.1 Å². The maximum atomic E-state index is 11.7. The van der Waals surface area contributed by atoms with E-state index < -0.39 is 9.84 Å². The van der Waals surface area contributed by atoms with Gasteiger partial charge < -0.3 is 10.3 Å². The molecule has 0 atom stereocenters. The Morgan fingerprint density at radius 3 is 2.60 bits per heavy atom. The number of allylic oxidation sites excluding steroid dienone is 2. The number of carbonyl (C=O) groups excluding carboxylic acids is 1. The van der Waals surface area contributed by atoms with Crippen molar-refractivity contribution in [3.05, 3.63) is 59.5 Å². The molecule has 0 aliphatic carbocycles. The maximum Gasteiger partial charge on any atom is 0.175 e. The molecule has 0 radical (unpaired) electrons. The van der Waals surface area contributed by atoms with Crippen molar-refractivity contribution in [1.82, 2.24) is 10.3 Å². The molecule has 0 saturated heterocycles. The number of likely N-dealkylation sites (N-methyl/N-ethyl adjacent to an activating group) is 1. The van der Waals surface area contributed by atoms with Gasteiger partial charge in [0.15, 0.2) is 16.1 Å². The minimum absolute atomic E-state index is 0.264. The quantitative estimate of drug-likeness (QED) is 0.452. The van der Waals surface area contributed by atoms with Crippen LogP contribution < -0.4 is 5.32 Å². The SMILES string of the molecule is C=C(NC)C(=C\CC)/C(C=O)=C/c1cc2cc(S(C)(=O)=O)ccc2[nH]1. The first kappa shape index (κ1) is 18.7. The van der Waals surface area contributed by atoms with Crippen molar-refractivity contribution in [3.8, 4) is 0 Å². The Labute approximate surface area is 148 Å². The van der Waals surface area contributed by atoms with Gasteiger partial charge in [-0.1, -0.05) is 19.6 Å². The van der Waals surface area contributed by atoms with Gasteiger partial charge in [0, 0.05) is 46.7 Å². The summed E-state index contributed by atoms with van der Waals surface area (Å²) < 4.78 is 23.4. The number of nitrogens with one attached hydrogen (secondary N) is 2. The second kappa shape index (κ2) is 7.53. The summed E-state index contributed by atoms with van der Waals surface area (Å²) in [7, 11) is -1.51. The van der Waals surface area contributed by atoms with Crippen LogP contribution in [0.25, 0.3) is 17.0 Å². The molecule has 1 aromatic carbocycles. The van der Waals surface area contributed by atoms with E-state index in [0.29, 0.717) is 17.0 Å². The normalized spacial score (nSPS) is 13.1. The molecule has 0 aliphatic heterocycles.